The molecule has 1 saturated carbocycles. The van der Waals surface area contributed by atoms with Crippen LogP contribution in [0.25, 0.3) is 0 Å². The molecule has 0 aromatic carbocycles. The molecule has 0 aromatic heterocycles. The van der Waals surface area contributed by atoms with E-state index < -0.39 is 12.3 Å². The van der Waals surface area contributed by atoms with E-state index in [1.54, 1.807) is 0 Å². The van der Waals surface area contributed by atoms with Crippen LogP contribution in [-0.2, 0) is 0 Å². The number of hydrogen-bond acceptors (Lipinski definition) is 2. The van der Waals surface area contributed by atoms with Gasteiger partial charge in [-0.1, -0.05) is 66.2 Å². The van der Waals surface area contributed by atoms with Crippen LogP contribution in [0.3, 0.4) is 0 Å². The van der Waals surface area contributed by atoms with Crippen molar-refractivity contribution in [1.29, 1.82) is 0 Å². The van der Waals surface area contributed by atoms with Gasteiger partial charge in [0.15, 0.2) is 0 Å². The molecule has 1 fully saturated rings. The zero-order valence-corrected chi connectivity index (χ0v) is 11.8. The maximum absolute atomic E-state index is 8.56. The molecule has 0 unspecified atom stereocenters. The van der Waals surface area contributed by atoms with Crippen LogP contribution in [0.4, 0.5) is 9.59 Å². The minimum absolute atomic E-state index is 1.50. The van der Waals surface area contributed by atoms with E-state index in [2.05, 4.69) is 0 Å². The number of hydrogen-bond donors (Lipinski definition) is 4. The molecule has 0 bridgehead atoms. The average Bonchev–Trinajstić information content (AvgIpc) is 2.35. The van der Waals surface area contributed by atoms with E-state index in [9.17, 15) is 0 Å². The van der Waals surface area contributed by atoms with E-state index in [-0.39, 0.29) is 0 Å². The van der Waals surface area contributed by atoms with Crippen LogP contribution >= 0.6 is 0 Å². The fourth-order valence-corrected chi connectivity index (χ4v) is 1.06. The summed E-state index contributed by atoms with van der Waals surface area (Å²) in [7, 11) is 0. The Morgan fingerprint density at radius 1 is 0.556 bits per heavy atom. The van der Waals surface area contributed by atoms with Gasteiger partial charge in [-0.2, -0.15) is 0 Å². The van der Waals surface area contributed by atoms with Crippen LogP contribution in [0, 0.1) is 0 Å². The molecule has 0 heterocycles. The summed E-state index contributed by atoms with van der Waals surface area (Å²) >= 11 is 0. The molecular weight excluding hydrogens is 240 g/mol. The van der Waals surface area contributed by atoms with Crippen LogP contribution in [-0.4, -0.2) is 32.7 Å². The van der Waals surface area contributed by atoms with E-state index in [1.165, 1.54) is 38.5 Å². The molecule has 1 aliphatic rings. The summed E-state index contributed by atoms with van der Waals surface area (Å²) in [6, 6.07) is 0. The zero-order valence-electron chi connectivity index (χ0n) is 11.8. The van der Waals surface area contributed by atoms with Gasteiger partial charge in [0.05, 0.1) is 0 Å². The van der Waals surface area contributed by atoms with Crippen LogP contribution in [0.5, 0.6) is 0 Å². The van der Waals surface area contributed by atoms with Gasteiger partial charge in [-0.05, 0) is 0 Å². The fraction of sp³-hybridized carbons (Fsp3) is 0.833. The average molecular weight is 268 g/mol. The Bertz CT molecular complexity index is 123. The first-order valence-electron chi connectivity index (χ1n) is 6.30. The predicted molar refractivity (Wildman–Crippen MR) is 71.7 cm³/mol. The lowest BCUT2D eigenvalue weighted by Crippen LogP contribution is -1.85. The van der Waals surface area contributed by atoms with Crippen molar-refractivity contribution < 1.29 is 30.0 Å². The molecule has 1 rings (SSSR count). The second-order valence-corrected chi connectivity index (χ2v) is 2.69. The molecule has 0 radical (unpaired) electrons. The van der Waals surface area contributed by atoms with Crippen molar-refractivity contribution in [2.75, 3.05) is 0 Å². The molecule has 6 nitrogen and oxygen atoms in total. The third-order valence-corrected chi connectivity index (χ3v) is 1.50. The standard InChI is InChI=1S/C6H12.2C2H6.2CH2O3/c1-2-4-6-5-3-1;2*1-2;2*2-1(3)4/h1-6H2;2*1-2H3;2*(H2,2,3,4). The molecule has 0 amide bonds. The second-order valence-electron chi connectivity index (χ2n) is 2.69. The van der Waals surface area contributed by atoms with Gasteiger partial charge in [0.1, 0.15) is 0 Å². The molecule has 0 aromatic rings. The van der Waals surface area contributed by atoms with Crippen molar-refractivity contribution in [3.63, 3.8) is 0 Å². The molecule has 0 aliphatic heterocycles. The van der Waals surface area contributed by atoms with E-state index in [1.807, 2.05) is 27.7 Å². The summed E-state index contributed by atoms with van der Waals surface area (Å²) in [6.45, 7) is 8.00. The molecule has 0 spiro atoms. The summed E-state index contributed by atoms with van der Waals surface area (Å²) in [5.41, 5.74) is 0. The third kappa shape index (κ3) is 129. The van der Waals surface area contributed by atoms with Gasteiger partial charge in [-0.25, -0.2) is 9.59 Å². The molecule has 0 saturated heterocycles. The lowest BCUT2D eigenvalue weighted by Gasteiger charge is -2.05. The lowest BCUT2D eigenvalue weighted by atomic mass is 10.0. The van der Waals surface area contributed by atoms with Crippen molar-refractivity contribution in [1.82, 2.24) is 0 Å². The molecule has 18 heavy (non-hydrogen) atoms. The van der Waals surface area contributed by atoms with Crippen LogP contribution < -0.4 is 0 Å². The molecule has 112 valence electrons. The second kappa shape index (κ2) is 29.6. The van der Waals surface area contributed by atoms with Crippen molar-refractivity contribution in [2.24, 2.45) is 0 Å². The van der Waals surface area contributed by atoms with Gasteiger partial charge in [0.25, 0.3) is 0 Å². The molecule has 1 aliphatic carbocycles. The van der Waals surface area contributed by atoms with Crippen LogP contribution in [0.1, 0.15) is 66.2 Å². The maximum Gasteiger partial charge on any atom is 0.503 e. The first-order chi connectivity index (χ1) is 8.46. The lowest BCUT2D eigenvalue weighted by molar-refractivity contribution is 0.135. The van der Waals surface area contributed by atoms with Crippen molar-refractivity contribution in [3.05, 3.63) is 0 Å². The van der Waals surface area contributed by atoms with Crippen molar-refractivity contribution >= 4 is 12.3 Å². The Morgan fingerprint density at radius 2 is 0.611 bits per heavy atom. The largest absolute Gasteiger partial charge is 0.503 e. The highest BCUT2D eigenvalue weighted by Crippen LogP contribution is 2.15. The summed E-state index contributed by atoms with van der Waals surface area (Å²) in [5.74, 6) is 0. The van der Waals surface area contributed by atoms with Gasteiger partial charge in [0.2, 0.25) is 0 Å². The topological polar surface area (TPSA) is 115 Å². The maximum atomic E-state index is 8.56. The van der Waals surface area contributed by atoms with Crippen LogP contribution in [0.15, 0.2) is 0 Å². The fourth-order valence-electron chi connectivity index (χ4n) is 1.06. The Hall–Kier alpha value is -1.46. The Morgan fingerprint density at radius 3 is 0.667 bits per heavy atom. The highest BCUT2D eigenvalue weighted by molar-refractivity contribution is 5.53. The van der Waals surface area contributed by atoms with Gasteiger partial charge in [-0.3, -0.25) is 0 Å². The molecule has 6 heteroatoms. The Balaban J connectivity index is -0.0000000737. The number of rotatable bonds is 0. The summed E-state index contributed by atoms with van der Waals surface area (Å²) in [4.78, 5) is 17.1. The van der Waals surface area contributed by atoms with E-state index in [0.717, 1.165) is 0 Å². The van der Waals surface area contributed by atoms with Gasteiger partial charge in [0, 0.05) is 0 Å². The minimum atomic E-state index is -1.83. The highest BCUT2D eigenvalue weighted by Gasteiger charge is 1.95. The first kappa shape index (κ1) is 25.4. The monoisotopic (exact) mass is 268 g/mol. The minimum Gasteiger partial charge on any atom is -0.450 e. The predicted octanol–water partition coefficient (Wildman–Crippen LogP) is 4.84. The van der Waals surface area contributed by atoms with Gasteiger partial charge in [-0.15, -0.1) is 0 Å². The summed E-state index contributed by atoms with van der Waals surface area (Å²) < 4.78 is 0. The SMILES string of the molecule is C1CCCCC1.CC.CC.O=C(O)O.O=C(O)O. The molecular formula is C12H28O6. The third-order valence-electron chi connectivity index (χ3n) is 1.50. The summed E-state index contributed by atoms with van der Waals surface area (Å²) in [5, 5.41) is 27.9. The van der Waals surface area contributed by atoms with Crippen LogP contribution in [0.2, 0.25) is 0 Å². The summed E-state index contributed by atoms with van der Waals surface area (Å²) in [6.07, 6.45) is 5.33. The quantitative estimate of drug-likeness (QED) is 0.499. The molecule has 4 N–H and O–H groups in total. The normalized spacial score (nSPS) is 11.3. The van der Waals surface area contributed by atoms with Gasteiger partial charge >= 0.3 is 12.3 Å². The smallest absolute Gasteiger partial charge is 0.450 e. The van der Waals surface area contributed by atoms with Crippen molar-refractivity contribution in [2.45, 2.75) is 66.2 Å². The highest BCUT2D eigenvalue weighted by atomic mass is 16.6. The van der Waals surface area contributed by atoms with E-state index in [4.69, 9.17) is 30.0 Å². The number of carboxylic acid groups (broad SMARTS) is 4. The first-order valence-corrected chi connectivity index (χ1v) is 6.30. The molecule has 0 atom stereocenters. The van der Waals surface area contributed by atoms with E-state index in [0.29, 0.717) is 0 Å². The Labute approximate surface area is 109 Å². The Kier molecular flexibility index (Phi) is 41.7. The van der Waals surface area contributed by atoms with E-state index >= 15 is 0 Å². The van der Waals surface area contributed by atoms with Crippen molar-refractivity contribution in [3.8, 4) is 0 Å². The van der Waals surface area contributed by atoms with Gasteiger partial charge < -0.3 is 20.4 Å². The number of carbonyl (C=O) groups is 2. The zero-order chi connectivity index (χ0) is 15.4.